The fraction of sp³-hybridized carbons (Fsp3) is 0.0909. The largest absolute Gasteiger partial charge is 0.492 e. The van der Waals surface area contributed by atoms with Crippen molar-refractivity contribution in [3.63, 3.8) is 0 Å². The van der Waals surface area contributed by atoms with Gasteiger partial charge in [-0.2, -0.15) is 0 Å². The molecular weight excluding hydrogens is 231 g/mol. The second-order valence-corrected chi connectivity index (χ2v) is 3.42. The van der Waals surface area contributed by atoms with Crippen molar-refractivity contribution in [2.45, 2.75) is 0 Å². The number of hydrogen-bond donors (Lipinski definition) is 0. The molecule has 5 heteroatoms. The van der Waals surface area contributed by atoms with Crippen molar-refractivity contribution in [3.8, 4) is 17.1 Å². The molecule has 0 atom stereocenters. The molecule has 1 aromatic heterocycles. The van der Waals surface area contributed by atoms with E-state index in [9.17, 15) is 4.39 Å². The summed E-state index contributed by atoms with van der Waals surface area (Å²) < 4.78 is 17.9. The highest BCUT2D eigenvalue weighted by Gasteiger charge is 2.07. The SMILES string of the molecule is COc1cnc(-c2cccc(F)c2)nc1Cl. The Morgan fingerprint density at radius 3 is 2.81 bits per heavy atom. The number of benzene rings is 1. The minimum atomic E-state index is -0.340. The van der Waals surface area contributed by atoms with Crippen LogP contribution in [0.25, 0.3) is 11.4 Å². The molecule has 0 amide bonds. The third-order valence-electron chi connectivity index (χ3n) is 2.01. The van der Waals surface area contributed by atoms with Gasteiger partial charge in [0, 0.05) is 5.56 Å². The summed E-state index contributed by atoms with van der Waals surface area (Å²) in [6.07, 6.45) is 1.45. The molecule has 0 aliphatic rings. The van der Waals surface area contributed by atoms with E-state index in [0.29, 0.717) is 17.1 Å². The number of nitrogens with zero attached hydrogens (tertiary/aromatic N) is 2. The Morgan fingerprint density at radius 1 is 1.38 bits per heavy atom. The van der Waals surface area contributed by atoms with Crippen LogP contribution in [0.2, 0.25) is 5.15 Å². The Balaban J connectivity index is 2.45. The molecule has 0 N–H and O–H groups in total. The van der Waals surface area contributed by atoms with Gasteiger partial charge in [0.25, 0.3) is 0 Å². The van der Waals surface area contributed by atoms with E-state index in [-0.39, 0.29) is 11.0 Å². The zero-order valence-electron chi connectivity index (χ0n) is 8.45. The van der Waals surface area contributed by atoms with Crippen LogP contribution in [-0.2, 0) is 0 Å². The lowest BCUT2D eigenvalue weighted by atomic mass is 10.2. The third-order valence-corrected chi connectivity index (χ3v) is 2.28. The van der Waals surface area contributed by atoms with Crippen LogP contribution in [0.1, 0.15) is 0 Å². The van der Waals surface area contributed by atoms with Gasteiger partial charge < -0.3 is 4.74 Å². The molecule has 2 rings (SSSR count). The lowest BCUT2D eigenvalue weighted by Gasteiger charge is -2.04. The molecule has 0 radical (unpaired) electrons. The summed E-state index contributed by atoms with van der Waals surface area (Å²) >= 11 is 5.85. The predicted molar refractivity (Wildman–Crippen MR) is 59.0 cm³/mol. The minimum absolute atomic E-state index is 0.205. The summed E-state index contributed by atoms with van der Waals surface area (Å²) in [4.78, 5) is 8.05. The van der Waals surface area contributed by atoms with Gasteiger partial charge in [-0.15, -0.1) is 0 Å². The molecule has 0 aliphatic heterocycles. The Labute approximate surface area is 96.9 Å². The van der Waals surface area contributed by atoms with Gasteiger partial charge in [0.15, 0.2) is 16.7 Å². The first-order valence-electron chi connectivity index (χ1n) is 4.53. The van der Waals surface area contributed by atoms with Crippen molar-refractivity contribution in [3.05, 3.63) is 41.4 Å². The first-order valence-corrected chi connectivity index (χ1v) is 4.91. The quantitative estimate of drug-likeness (QED) is 0.755. The number of ether oxygens (including phenoxy) is 1. The number of aromatic nitrogens is 2. The normalized spacial score (nSPS) is 10.2. The lowest BCUT2D eigenvalue weighted by Crippen LogP contribution is -1.93. The highest BCUT2D eigenvalue weighted by Crippen LogP contribution is 2.24. The number of rotatable bonds is 2. The van der Waals surface area contributed by atoms with Crippen molar-refractivity contribution >= 4 is 11.6 Å². The van der Waals surface area contributed by atoms with Gasteiger partial charge in [0.1, 0.15) is 5.82 Å². The third kappa shape index (κ3) is 2.12. The summed E-state index contributed by atoms with van der Waals surface area (Å²) in [5.41, 5.74) is 0.574. The van der Waals surface area contributed by atoms with Crippen LogP contribution in [0, 0.1) is 5.82 Å². The lowest BCUT2D eigenvalue weighted by molar-refractivity contribution is 0.411. The van der Waals surface area contributed by atoms with E-state index in [2.05, 4.69) is 9.97 Å². The molecule has 0 saturated heterocycles. The van der Waals surface area contributed by atoms with Crippen LogP contribution >= 0.6 is 11.6 Å². The van der Waals surface area contributed by atoms with Crippen molar-refractivity contribution in [2.24, 2.45) is 0 Å². The second-order valence-electron chi connectivity index (χ2n) is 3.06. The number of methoxy groups -OCH3 is 1. The van der Waals surface area contributed by atoms with Gasteiger partial charge in [-0.25, -0.2) is 14.4 Å². The fourth-order valence-corrected chi connectivity index (χ4v) is 1.46. The minimum Gasteiger partial charge on any atom is -0.492 e. The topological polar surface area (TPSA) is 35.0 Å². The van der Waals surface area contributed by atoms with Gasteiger partial charge >= 0.3 is 0 Å². The summed E-state index contributed by atoms with van der Waals surface area (Å²) in [5, 5.41) is 0.205. The van der Waals surface area contributed by atoms with Crippen molar-refractivity contribution in [1.29, 1.82) is 0 Å². The molecule has 0 unspecified atom stereocenters. The first kappa shape index (κ1) is 10.8. The van der Waals surface area contributed by atoms with Gasteiger partial charge in [-0.05, 0) is 12.1 Å². The monoisotopic (exact) mass is 238 g/mol. The van der Waals surface area contributed by atoms with E-state index in [1.54, 1.807) is 12.1 Å². The number of halogens is 2. The van der Waals surface area contributed by atoms with Gasteiger partial charge in [0.2, 0.25) is 0 Å². The summed E-state index contributed by atoms with van der Waals surface area (Å²) in [7, 11) is 1.48. The molecule has 1 aromatic carbocycles. The van der Waals surface area contributed by atoms with E-state index >= 15 is 0 Å². The molecule has 82 valence electrons. The van der Waals surface area contributed by atoms with E-state index < -0.39 is 0 Å². The highest BCUT2D eigenvalue weighted by molar-refractivity contribution is 6.30. The van der Waals surface area contributed by atoms with Gasteiger partial charge in [0.05, 0.1) is 13.3 Å². The molecule has 1 heterocycles. The van der Waals surface area contributed by atoms with Crippen molar-refractivity contribution in [1.82, 2.24) is 9.97 Å². The Morgan fingerprint density at radius 2 is 2.19 bits per heavy atom. The Bertz CT molecular complexity index is 519. The second kappa shape index (κ2) is 4.45. The average molecular weight is 239 g/mol. The van der Waals surface area contributed by atoms with Crippen LogP contribution < -0.4 is 4.74 Å². The molecule has 0 fully saturated rings. The molecular formula is C11H8ClFN2O. The number of hydrogen-bond acceptors (Lipinski definition) is 3. The van der Waals surface area contributed by atoms with Crippen molar-refractivity contribution in [2.75, 3.05) is 7.11 Å². The molecule has 0 aliphatic carbocycles. The zero-order valence-corrected chi connectivity index (χ0v) is 9.20. The smallest absolute Gasteiger partial charge is 0.175 e. The van der Waals surface area contributed by atoms with Crippen LogP contribution in [0.3, 0.4) is 0 Å². The summed E-state index contributed by atoms with van der Waals surface area (Å²) in [5.74, 6) is 0.417. The summed E-state index contributed by atoms with van der Waals surface area (Å²) in [6.45, 7) is 0. The van der Waals surface area contributed by atoms with E-state index in [0.717, 1.165) is 0 Å². The van der Waals surface area contributed by atoms with Gasteiger partial charge in [-0.1, -0.05) is 23.7 Å². The Hall–Kier alpha value is -1.68. The van der Waals surface area contributed by atoms with Crippen LogP contribution in [-0.4, -0.2) is 17.1 Å². The molecule has 3 nitrogen and oxygen atoms in total. The average Bonchev–Trinajstić information content (AvgIpc) is 2.29. The predicted octanol–water partition coefficient (Wildman–Crippen LogP) is 2.94. The molecule has 2 aromatic rings. The van der Waals surface area contributed by atoms with Crippen LogP contribution in [0.5, 0.6) is 5.75 Å². The van der Waals surface area contributed by atoms with Crippen LogP contribution in [0.15, 0.2) is 30.5 Å². The molecule has 16 heavy (non-hydrogen) atoms. The van der Waals surface area contributed by atoms with Crippen LogP contribution in [0.4, 0.5) is 4.39 Å². The van der Waals surface area contributed by atoms with Crippen molar-refractivity contribution < 1.29 is 9.13 Å². The van der Waals surface area contributed by atoms with E-state index in [1.165, 1.54) is 25.4 Å². The van der Waals surface area contributed by atoms with Gasteiger partial charge in [-0.3, -0.25) is 0 Å². The highest BCUT2D eigenvalue weighted by atomic mass is 35.5. The maximum atomic E-state index is 13.0. The maximum absolute atomic E-state index is 13.0. The fourth-order valence-electron chi connectivity index (χ4n) is 1.25. The first-order chi connectivity index (χ1) is 7.70. The van der Waals surface area contributed by atoms with E-state index in [4.69, 9.17) is 16.3 Å². The Kier molecular flexibility index (Phi) is 3.01. The standard InChI is InChI=1S/C11H8ClFN2O/c1-16-9-6-14-11(15-10(9)12)7-3-2-4-8(13)5-7/h2-6H,1H3. The summed E-state index contributed by atoms with van der Waals surface area (Å²) in [6, 6.07) is 6.00. The van der Waals surface area contributed by atoms with E-state index in [1.807, 2.05) is 0 Å². The zero-order chi connectivity index (χ0) is 11.5. The molecule has 0 spiro atoms. The maximum Gasteiger partial charge on any atom is 0.175 e. The molecule has 0 saturated carbocycles. The molecule has 0 bridgehead atoms.